The smallest absolute Gasteiger partial charge is 0.416 e. The third-order valence-corrected chi connectivity index (χ3v) is 7.06. The summed E-state index contributed by atoms with van der Waals surface area (Å²) in [7, 11) is 0. The summed E-state index contributed by atoms with van der Waals surface area (Å²) >= 11 is 0. The molecule has 4 aromatic rings. The molecule has 0 amide bonds. The minimum atomic E-state index is -4.48. The van der Waals surface area contributed by atoms with Crippen LogP contribution in [-0.4, -0.2) is 25.8 Å². The van der Waals surface area contributed by atoms with E-state index in [1.54, 1.807) is 24.3 Å². The van der Waals surface area contributed by atoms with Gasteiger partial charge in [0.2, 0.25) is 0 Å². The van der Waals surface area contributed by atoms with Crippen LogP contribution < -0.4 is 20.4 Å². The van der Waals surface area contributed by atoms with Crippen molar-refractivity contribution in [3.05, 3.63) is 106 Å². The normalized spacial score (nSPS) is 15.3. The maximum absolute atomic E-state index is 13.3. The third kappa shape index (κ3) is 6.39. The molecule has 1 aliphatic heterocycles. The van der Waals surface area contributed by atoms with Crippen molar-refractivity contribution in [2.45, 2.75) is 37.9 Å². The molecule has 1 saturated heterocycles. The molecule has 2 heterocycles. The molecule has 8 heteroatoms. The SMILES string of the molecule is C=CCOc1ccc2c(Cc3ccc(OCCC4CCCN4)cc3)c(-c3ccc(C(F)(F)F)cc3)c(=O)oc2c1. The number of halogens is 3. The van der Waals surface area contributed by atoms with Gasteiger partial charge < -0.3 is 19.2 Å². The predicted octanol–water partition coefficient (Wildman–Crippen LogP) is 7.16. The van der Waals surface area contributed by atoms with Crippen molar-refractivity contribution >= 4 is 11.0 Å². The van der Waals surface area contributed by atoms with E-state index in [0.29, 0.717) is 46.9 Å². The highest BCUT2D eigenvalue weighted by Gasteiger charge is 2.30. The molecule has 1 unspecified atom stereocenters. The molecule has 0 radical (unpaired) electrons. The summed E-state index contributed by atoms with van der Waals surface area (Å²) in [6, 6.07) is 17.9. The fourth-order valence-corrected chi connectivity index (χ4v) is 5.02. The zero-order valence-electron chi connectivity index (χ0n) is 21.9. The highest BCUT2D eigenvalue weighted by molar-refractivity contribution is 5.88. The molecular formula is C32H30F3NO4. The zero-order chi connectivity index (χ0) is 28.1. The molecule has 3 aromatic carbocycles. The van der Waals surface area contributed by atoms with Crippen LogP contribution in [0.5, 0.6) is 11.5 Å². The first-order valence-corrected chi connectivity index (χ1v) is 13.3. The maximum atomic E-state index is 13.3. The van der Waals surface area contributed by atoms with Crippen LogP contribution in [0, 0.1) is 0 Å². The molecule has 1 aliphatic rings. The van der Waals surface area contributed by atoms with E-state index in [-0.39, 0.29) is 12.2 Å². The van der Waals surface area contributed by atoms with Gasteiger partial charge in [-0.15, -0.1) is 0 Å². The summed E-state index contributed by atoms with van der Waals surface area (Å²) in [4.78, 5) is 13.3. The third-order valence-electron chi connectivity index (χ3n) is 7.06. The van der Waals surface area contributed by atoms with Crippen LogP contribution in [0.3, 0.4) is 0 Å². The Morgan fingerprint density at radius 3 is 2.42 bits per heavy atom. The number of rotatable bonds is 10. The summed E-state index contributed by atoms with van der Waals surface area (Å²) in [6.45, 7) is 5.61. The fraction of sp³-hybridized carbons (Fsp3) is 0.281. The number of benzene rings is 3. The maximum Gasteiger partial charge on any atom is 0.416 e. The van der Waals surface area contributed by atoms with Crippen molar-refractivity contribution in [3.8, 4) is 22.6 Å². The van der Waals surface area contributed by atoms with Crippen molar-refractivity contribution in [2.24, 2.45) is 0 Å². The molecular weight excluding hydrogens is 519 g/mol. The fourth-order valence-electron chi connectivity index (χ4n) is 5.02. The average molecular weight is 550 g/mol. The van der Waals surface area contributed by atoms with Crippen LogP contribution in [0.2, 0.25) is 0 Å². The second-order valence-electron chi connectivity index (χ2n) is 9.83. The quantitative estimate of drug-likeness (QED) is 0.168. The van der Waals surface area contributed by atoms with Crippen LogP contribution >= 0.6 is 0 Å². The van der Waals surface area contributed by atoms with Crippen molar-refractivity contribution < 1.29 is 27.1 Å². The van der Waals surface area contributed by atoms with Crippen LogP contribution in [0.4, 0.5) is 13.2 Å². The van der Waals surface area contributed by atoms with Gasteiger partial charge in [0.15, 0.2) is 0 Å². The highest BCUT2D eigenvalue weighted by Crippen LogP contribution is 2.34. The lowest BCUT2D eigenvalue weighted by molar-refractivity contribution is -0.137. The Labute approximate surface area is 230 Å². The molecule has 0 bridgehead atoms. The first-order chi connectivity index (χ1) is 19.3. The molecule has 1 fully saturated rings. The monoisotopic (exact) mass is 549 g/mol. The molecule has 0 saturated carbocycles. The van der Waals surface area contributed by atoms with Crippen molar-refractivity contribution in [3.63, 3.8) is 0 Å². The zero-order valence-corrected chi connectivity index (χ0v) is 21.9. The molecule has 5 rings (SSSR count). The molecule has 208 valence electrons. The second kappa shape index (κ2) is 12.0. The van der Waals surface area contributed by atoms with Crippen LogP contribution in [0.25, 0.3) is 22.1 Å². The van der Waals surface area contributed by atoms with Gasteiger partial charge in [0.1, 0.15) is 23.7 Å². The molecule has 0 aliphatic carbocycles. The van der Waals surface area contributed by atoms with E-state index < -0.39 is 17.4 Å². The Bertz CT molecular complexity index is 1520. The van der Waals surface area contributed by atoms with Gasteiger partial charge in [-0.1, -0.05) is 36.9 Å². The van der Waals surface area contributed by atoms with Gasteiger partial charge in [0, 0.05) is 17.5 Å². The van der Waals surface area contributed by atoms with Gasteiger partial charge in [-0.25, -0.2) is 4.79 Å². The molecule has 1 N–H and O–H groups in total. The average Bonchev–Trinajstić information content (AvgIpc) is 3.46. The predicted molar refractivity (Wildman–Crippen MR) is 149 cm³/mol. The van der Waals surface area contributed by atoms with E-state index in [4.69, 9.17) is 13.9 Å². The lowest BCUT2D eigenvalue weighted by Crippen LogP contribution is -2.23. The molecule has 1 atom stereocenters. The largest absolute Gasteiger partial charge is 0.494 e. The van der Waals surface area contributed by atoms with Crippen molar-refractivity contribution in [1.29, 1.82) is 0 Å². The summed E-state index contributed by atoms with van der Waals surface area (Å²) in [6.07, 6.45) is 0.807. The number of hydrogen-bond donors (Lipinski definition) is 1. The Hall–Kier alpha value is -4.04. The Kier molecular flexibility index (Phi) is 8.26. The summed E-state index contributed by atoms with van der Waals surface area (Å²) in [5, 5.41) is 4.13. The van der Waals surface area contributed by atoms with Crippen LogP contribution in [0.1, 0.15) is 36.0 Å². The van der Waals surface area contributed by atoms with Gasteiger partial charge in [-0.3, -0.25) is 0 Å². The van der Waals surface area contributed by atoms with Crippen LogP contribution in [-0.2, 0) is 12.6 Å². The Morgan fingerprint density at radius 2 is 1.75 bits per heavy atom. The summed E-state index contributed by atoms with van der Waals surface area (Å²) < 4.78 is 56.7. The lowest BCUT2D eigenvalue weighted by Gasteiger charge is -2.15. The van der Waals surface area contributed by atoms with E-state index in [1.165, 1.54) is 25.0 Å². The van der Waals surface area contributed by atoms with E-state index >= 15 is 0 Å². The molecule has 0 spiro atoms. The van der Waals surface area contributed by atoms with Gasteiger partial charge in [0.05, 0.1) is 17.7 Å². The highest BCUT2D eigenvalue weighted by atomic mass is 19.4. The number of nitrogens with one attached hydrogen (secondary N) is 1. The number of ether oxygens (including phenoxy) is 2. The van der Waals surface area contributed by atoms with Gasteiger partial charge >= 0.3 is 11.8 Å². The standard InChI is InChI=1S/C32H30F3NO4/c1-2-17-38-26-13-14-27-28(19-21-5-11-25(12-6-21)39-18-15-24-4-3-16-36-24)30(31(37)40-29(27)20-26)22-7-9-23(10-8-22)32(33,34)35/h2,5-14,20,24,36H,1,3-4,15-19H2. The summed E-state index contributed by atoms with van der Waals surface area (Å²) in [5.74, 6) is 1.27. The van der Waals surface area contributed by atoms with Crippen molar-refractivity contribution in [2.75, 3.05) is 19.8 Å². The van der Waals surface area contributed by atoms with E-state index in [1.807, 2.05) is 24.3 Å². The van der Waals surface area contributed by atoms with Gasteiger partial charge in [-0.05, 0) is 85.3 Å². The van der Waals surface area contributed by atoms with Gasteiger partial charge in [0.25, 0.3) is 0 Å². The minimum Gasteiger partial charge on any atom is -0.494 e. The number of fused-ring (bicyclic) bond motifs is 1. The first-order valence-electron chi connectivity index (χ1n) is 13.3. The number of alkyl halides is 3. The minimum absolute atomic E-state index is 0.227. The van der Waals surface area contributed by atoms with Crippen molar-refractivity contribution in [1.82, 2.24) is 5.32 Å². The second-order valence-corrected chi connectivity index (χ2v) is 9.83. The molecule has 1 aromatic heterocycles. The van der Waals surface area contributed by atoms with Crippen LogP contribution in [0.15, 0.2) is 88.6 Å². The van der Waals surface area contributed by atoms with Gasteiger partial charge in [-0.2, -0.15) is 13.2 Å². The molecule has 40 heavy (non-hydrogen) atoms. The van der Waals surface area contributed by atoms with E-state index in [0.717, 1.165) is 36.4 Å². The Morgan fingerprint density at radius 1 is 1.00 bits per heavy atom. The van der Waals surface area contributed by atoms with E-state index in [2.05, 4.69) is 11.9 Å². The Balaban J connectivity index is 1.47. The molecule has 5 nitrogen and oxygen atoms in total. The number of hydrogen-bond acceptors (Lipinski definition) is 5. The van der Waals surface area contributed by atoms with E-state index in [9.17, 15) is 18.0 Å². The first kappa shape index (κ1) is 27.5. The topological polar surface area (TPSA) is 60.7 Å². The lowest BCUT2D eigenvalue weighted by atomic mass is 9.93. The summed E-state index contributed by atoms with van der Waals surface area (Å²) in [5.41, 5.74) is 1.06.